The molecule has 24 heavy (non-hydrogen) atoms. The molecule has 1 amide bonds. The number of carbonyl (C=O) groups is 1. The summed E-state index contributed by atoms with van der Waals surface area (Å²) in [4.78, 5) is 16.5. The fourth-order valence-electron chi connectivity index (χ4n) is 3.70. The van der Waals surface area contributed by atoms with Crippen LogP contribution in [-0.2, 0) is 28.1 Å². The average Bonchev–Trinajstić information content (AvgIpc) is 2.90. The second-order valence-electron chi connectivity index (χ2n) is 7.79. The molecule has 1 N–H and O–H groups in total. The van der Waals surface area contributed by atoms with Crippen molar-refractivity contribution in [1.29, 1.82) is 0 Å². The lowest BCUT2D eigenvalue weighted by Crippen LogP contribution is -2.53. The van der Waals surface area contributed by atoms with Gasteiger partial charge in [0, 0.05) is 28.8 Å². The predicted octanol–water partition coefficient (Wildman–Crippen LogP) is 3.43. The number of thiophene rings is 1. The number of ether oxygens (including phenoxy) is 2. The number of rotatable bonds is 1. The van der Waals surface area contributed by atoms with Crippen LogP contribution in [-0.4, -0.2) is 40.9 Å². The van der Waals surface area contributed by atoms with E-state index in [9.17, 15) is 9.90 Å². The van der Waals surface area contributed by atoms with E-state index in [2.05, 4.69) is 13.0 Å². The van der Waals surface area contributed by atoms with Gasteiger partial charge in [-0.15, -0.1) is 11.3 Å². The molecule has 2 aliphatic heterocycles. The molecule has 0 radical (unpaired) electrons. The monoisotopic (exact) mass is 353 g/mol. The molecule has 0 unspecified atom stereocenters. The highest BCUT2D eigenvalue weighted by molar-refractivity contribution is 7.12. The van der Waals surface area contributed by atoms with Crippen molar-refractivity contribution in [1.82, 2.24) is 4.90 Å². The van der Waals surface area contributed by atoms with Crippen LogP contribution in [0.2, 0.25) is 0 Å². The maximum absolute atomic E-state index is 12.4. The first-order valence-corrected chi connectivity index (χ1v) is 9.42. The van der Waals surface area contributed by atoms with Crippen LogP contribution in [0, 0.1) is 0 Å². The summed E-state index contributed by atoms with van der Waals surface area (Å²) < 4.78 is 11.8. The lowest BCUT2D eigenvalue weighted by Gasteiger charge is -2.46. The van der Waals surface area contributed by atoms with E-state index in [-0.39, 0.29) is 24.3 Å². The molecule has 2 aliphatic rings. The number of piperidine rings is 1. The molecule has 2 atom stereocenters. The summed E-state index contributed by atoms with van der Waals surface area (Å²) in [5.41, 5.74) is 0.501. The first kappa shape index (κ1) is 17.7. The van der Waals surface area contributed by atoms with Gasteiger partial charge in [0.2, 0.25) is 0 Å². The van der Waals surface area contributed by atoms with Crippen molar-refractivity contribution in [3.05, 3.63) is 21.4 Å². The van der Waals surface area contributed by atoms with Crippen molar-refractivity contribution < 1.29 is 19.4 Å². The largest absolute Gasteiger partial charge is 0.444 e. The van der Waals surface area contributed by atoms with Gasteiger partial charge in [-0.25, -0.2) is 4.79 Å². The molecule has 5 nitrogen and oxygen atoms in total. The number of amides is 1. The maximum Gasteiger partial charge on any atom is 0.410 e. The van der Waals surface area contributed by atoms with Crippen LogP contribution < -0.4 is 0 Å². The van der Waals surface area contributed by atoms with Gasteiger partial charge in [0.25, 0.3) is 0 Å². The normalized spacial score (nSPS) is 27.2. The summed E-state index contributed by atoms with van der Waals surface area (Å²) in [6.07, 6.45) is 2.19. The summed E-state index contributed by atoms with van der Waals surface area (Å²) >= 11 is 1.65. The van der Waals surface area contributed by atoms with Gasteiger partial charge in [-0.2, -0.15) is 0 Å². The Morgan fingerprint density at radius 1 is 1.54 bits per heavy atom. The van der Waals surface area contributed by atoms with E-state index in [0.29, 0.717) is 13.2 Å². The van der Waals surface area contributed by atoms with Gasteiger partial charge in [-0.1, -0.05) is 0 Å². The summed E-state index contributed by atoms with van der Waals surface area (Å²) in [6.45, 7) is 9.13. The molecule has 1 aromatic rings. The van der Waals surface area contributed by atoms with Crippen molar-refractivity contribution in [2.45, 2.75) is 70.8 Å². The SMILES string of the molecule is C[C@H]1C[C@@]2(CCN1C(=O)OC(C)(C)C)OCCc1cc(CO)sc12. The van der Waals surface area contributed by atoms with Gasteiger partial charge < -0.3 is 19.5 Å². The maximum atomic E-state index is 12.4. The molecule has 0 saturated carbocycles. The molecule has 0 aromatic carbocycles. The molecule has 6 heteroatoms. The minimum atomic E-state index is -0.482. The smallest absolute Gasteiger partial charge is 0.410 e. The van der Waals surface area contributed by atoms with E-state index in [1.54, 1.807) is 11.3 Å². The molecule has 0 aliphatic carbocycles. The molecule has 1 saturated heterocycles. The molecule has 1 spiro atoms. The van der Waals surface area contributed by atoms with Crippen molar-refractivity contribution in [3.63, 3.8) is 0 Å². The van der Waals surface area contributed by atoms with Crippen molar-refractivity contribution in [2.75, 3.05) is 13.2 Å². The Kier molecular flexibility index (Phi) is 4.66. The minimum Gasteiger partial charge on any atom is -0.444 e. The van der Waals surface area contributed by atoms with Gasteiger partial charge in [-0.3, -0.25) is 0 Å². The number of aliphatic hydroxyl groups is 1. The van der Waals surface area contributed by atoms with Crippen LogP contribution in [0.25, 0.3) is 0 Å². The van der Waals surface area contributed by atoms with Crippen molar-refractivity contribution >= 4 is 17.4 Å². The Labute approximate surface area is 147 Å². The van der Waals surface area contributed by atoms with Gasteiger partial charge >= 0.3 is 6.09 Å². The minimum absolute atomic E-state index is 0.0548. The Hall–Kier alpha value is -1.11. The topological polar surface area (TPSA) is 59.0 Å². The average molecular weight is 353 g/mol. The van der Waals surface area contributed by atoms with E-state index in [4.69, 9.17) is 9.47 Å². The zero-order chi connectivity index (χ0) is 17.5. The number of nitrogens with zero attached hydrogens (tertiary/aromatic N) is 1. The molecule has 0 bridgehead atoms. The lowest BCUT2D eigenvalue weighted by atomic mass is 9.82. The third-order valence-corrected chi connectivity index (χ3v) is 6.07. The van der Waals surface area contributed by atoms with Crippen LogP contribution in [0.15, 0.2) is 6.07 Å². The number of likely N-dealkylation sites (tertiary alicyclic amines) is 1. The van der Waals surface area contributed by atoms with Crippen molar-refractivity contribution in [2.24, 2.45) is 0 Å². The molecule has 3 rings (SSSR count). The zero-order valence-electron chi connectivity index (χ0n) is 14.9. The van der Waals surface area contributed by atoms with Crippen molar-refractivity contribution in [3.8, 4) is 0 Å². The van der Waals surface area contributed by atoms with Crippen LogP contribution in [0.4, 0.5) is 4.79 Å². The lowest BCUT2D eigenvalue weighted by molar-refractivity contribution is -0.108. The molecular weight excluding hydrogens is 326 g/mol. The van der Waals surface area contributed by atoms with Gasteiger partial charge in [-0.05, 0) is 52.2 Å². The van der Waals surface area contributed by atoms with E-state index in [0.717, 1.165) is 24.1 Å². The zero-order valence-corrected chi connectivity index (χ0v) is 15.7. The summed E-state index contributed by atoms with van der Waals surface area (Å²) in [6, 6.07) is 2.16. The molecule has 134 valence electrons. The Morgan fingerprint density at radius 2 is 2.29 bits per heavy atom. The third-order valence-electron chi connectivity index (χ3n) is 4.72. The molecular formula is C18H27NO4S. The standard InChI is InChI=1S/C18H27NO4S/c1-12-10-18(6-7-19(12)16(21)23-17(2,3)4)15-13(5-8-22-18)9-14(11-20)24-15/h9,12,20H,5-8,10-11H2,1-4H3/t12-,18+/m0/s1. The first-order valence-electron chi connectivity index (χ1n) is 8.60. The van der Waals surface area contributed by atoms with Crippen LogP contribution >= 0.6 is 11.3 Å². The Bertz CT molecular complexity index is 621. The molecule has 3 heterocycles. The number of aliphatic hydroxyl groups excluding tert-OH is 1. The molecule has 1 aromatic heterocycles. The highest BCUT2D eigenvalue weighted by Gasteiger charge is 2.46. The van der Waals surface area contributed by atoms with Gasteiger partial charge in [0.05, 0.1) is 13.2 Å². The quantitative estimate of drug-likeness (QED) is 0.840. The van der Waals surface area contributed by atoms with Crippen LogP contribution in [0.5, 0.6) is 0 Å². The second kappa shape index (κ2) is 6.32. The van der Waals surface area contributed by atoms with Crippen LogP contribution in [0.1, 0.15) is 55.9 Å². The highest BCUT2D eigenvalue weighted by atomic mass is 32.1. The molecule has 1 fully saturated rings. The number of hydrogen-bond acceptors (Lipinski definition) is 5. The van der Waals surface area contributed by atoms with E-state index < -0.39 is 5.60 Å². The van der Waals surface area contributed by atoms with Crippen LogP contribution in [0.3, 0.4) is 0 Å². The Balaban J connectivity index is 1.78. The van der Waals surface area contributed by atoms with Gasteiger partial charge in [0.15, 0.2) is 0 Å². The third kappa shape index (κ3) is 3.32. The summed E-state index contributed by atoms with van der Waals surface area (Å²) in [7, 11) is 0. The van der Waals surface area contributed by atoms with E-state index in [1.807, 2.05) is 25.7 Å². The second-order valence-corrected chi connectivity index (χ2v) is 8.93. The number of hydrogen-bond donors (Lipinski definition) is 1. The van der Waals surface area contributed by atoms with Gasteiger partial charge in [0.1, 0.15) is 11.2 Å². The first-order chi connectivity index (χ1) is 11.2. The fourth-order valence-corrected chi connectivity index (χ4v) is 4.95. The Morgan fingerprint density at radius 3 is 2.92 bits per heavy atom. The predicted molar refractivity (Wildman–Crippen MR) is 93.2 cm³/mol. The van der Waals surface area contributed by atoms with E-state index >= 15 is 0 Å². The number of carbonyl (C=O) groups excluding carboxylic acids is 1. The highest BCUT2D eigenvalue weighted by Crippen LogP contribution is 2.47. The fraction of sp³-hybridized carbons (Fsp3) is 0.722. The summed E-state index contributed by atoms with van der Waals surface area (Å²) in [5, 5.41) is 9.45. The van der Waals surface area contributed by atoms with E-state index in [1.165, 1.54) is 10.4 Å². The summed E-state index contributed by atoms with van der Waals surface area (Å²) in [5.74, 6) is 0. The number of fused-ring (bicyclic) bond motifs is 2.